The molecule has 2 aliphatic heterocycles. The average molecular weight is 489 g/mol. The molecule has 1 aromatic carbocycles. The summed E-state index contributed by atoms with van der Waals surface area (Å²) in [6.45, 7) is 6.92. The minimum atomic E-state index is -0.372. The standard InChI is InChI=1S/C24H29ClN4O3S/c1-15(2)28-8-5-18(6-9-28)26-24(32)20-13-33-14-21(20)27-23(31)16-10-17(25)12-19(11-16)29-7-3-4-22(29)30/h10-15,18H,3-9H2,1-2H3,(H,26,32)(H,27,31). The molecule has 0 unspecified atom stereocenters. The summed E-state index contributed by atoms with van der Waals surface area (Å²) >= 11 is 7.60. The summed E-state index contributed by atoms with van der Waals surface area (Å²) in [6, 6.07) is 5.56. The van der Waals surface area contributed by atoms with E-state index in [4.69, 9.17) is 11.6 Å². The number of thiophene rings is 1. The Labute approximate surface area is 203 Å². The van der Waals surface area contributed by atoms with Crippen LogP contribution in [0.25, 0.3) is 0 Å². The fourth-order valence-corrected chi connectivity index (χ4v) is 5.36. The third-order valence-electron chi connectivity index (χ3n) is 6.28. The number of likely N-dealkylation sites (tertiary alicyclic amines) is 1. The van der Waals surface area contributed by atoms with Crippen LogP contribution in [0.4, 0.5) is 11.4 Å². The molecule has 7 nitrogen and oxygen atoms in total. The number of carbonyl (C=O) groups excluding carboxylic acids is 3. The van der Waals surface area contributed by atoms with Gasteiger partial charge in [0.2, 0.25) is 5.91 Å². The summed E-state index contributed by atoms with van der Waals surface area (Å²) in [5, 5.41) is 9.85. The maximum absolute atomic E-state index is 13.0. The number of amides is 3. The largest absolute Gasteiger partial charge is 0.349 e. The lowest BCUT2D eigenvalue weighted by Crippen LogP contribution is -2.46. The van der Waals surface area contributed by atoms with Gasteiger partial charge in [0.15, 0.2) is 0 Å². The fraction of sp³-hybridized carbons (Fsp3) is 0.458. The Morgan fingerprint density at radius 2 is 1.85 bits per heavy atom. The zero-order valence-electron chi connectivity index (χ0n) is 18.9. The molecular formula is C24H29ClN4O3S. The van der Waals surface area contributed by atoms with Crippen LogP contribution in [0, 0.1) is 0 Å². The van der Waals surface area contributed by atoms with Gasteiger partial charge in [0, 0.05) is 65.2 Å². The van der Waals surface area contributed by atoms with Crippen LogP contribution < -0.4 is 15.5 Å². The number of carbonyl (C=O) groups is 3. The van der Waals surface area contributed by atoms with Gasteiger partial charge in [-0.3, -0.25) is 14.4 Å². The van der Waals surface area contributed by atoms with E-state index in [0.717, 1.165) is 32.4 Å². The summed E-state index contributed by atoms with van der Waals surface area (Å²) in [5.41, 5.74) is 1.89. The lowest BCUT2D eigenvalue weighted by molar-refractivity contribution is -0.117. The first-order valence-electron chi connectivity index (χ1n) is 11.3. The Balaban J connectivity index is 1.42. The molecule has 2 fully saturated rings. The first kappa shape index (κ1) is 23.7. The third-order valence-corrected chi connectivity index (χ3v) is 7.24. The molecule has 0 aliphatic carbocycles. The van der Waals surface area contributed by atoms with Gasteiger partial charge in [0.05, 0.1) is 11.3 Å². The molecule has 2 N–H and O–H groups in total. The van der Waals surface area contributed by atoms with Crippen LogP contribution in [0.5, 0.6) is 0 Å². The molecule has 0 saturated carbocycles. The Morgan fingerprint density at radius 1 is 1.09 bits per heavy atom. The van der Waals surface area contributed by atoms with Crippen molar-refractivity contribution >= 4 is 52.0 Å². The first-order chi connectivity index (χ1) is 15.8. The van der Waals surface area contributed by atoms with E-state index in [2.05, 4.69) is 29.4 Å². The molecule has 0 bridgehead atoms. The van der Waals surface area contributed by atoms with Crippen molar-refractivity contribution in [3.05, 3.63) is 45.1 Å². The van der Waals surface area contributed by atoms with Crippen LogP contribution >= 0.6 is 22.9 Å². The summed E-state index contributed by atoms with van der Waals surface area (Å²) < 4.78 is 0. The minimum Gasteiger partial charge on any atom is -0.349 e. The number of piperidine rings is 1. The zero-order chi connectivity index (χ0) is 23.5. The molecule has 0 spiro atoms. The molecular weight excluding hydrogens is 460 g/mol. The van der Waals surface area contributed by atoms with Crippen molar-refractivity contribution < 1.29 is 14.4 Å². The maximum atomic E-state index is 13.0. The van der Waals surface area contributed by atoms with Gasteiger partial charge in [0.1, 0.15) is 0 Å². The molecule has 176 valence electrons. The topological polar surface area (TPSA) is 81.8 Å². The molecule has 33 heavy (non-hydrogen) atoms. The summed E-state index contributed by atoms with van der Waals surface area (Å²) in [6.07, 6.45) is 3.11. The SMILES string of the molecule is CC(C)N1CCC(NC(=O)c2cscc2NC(=O)c2cc(Cl)cc(N3CCCC3=O)c2)CC1. The summed E-state index contributed by atoms with van der Waals surface area (Å²) in [7, 11) is 0. The smallest absolute Gasteiger partial charge is 0.255 e. The molecule has 0 atom stereocenters. The van der Waals surface area contributed by atoms with Crippen molar-refractivity contribution in [2.24, 2.45) is 0 Å². The molecule has 1 aromatic heterocycles. The van der Waals surface area contributed by atoms with E-state index < -0.39 is 0 Å². The lowest BCUT2D eigenvalue weighted by atomic mass is 10.0. The molecule has 4 rings (SSSR count). The van der Waals surface area contributed by atoms with Gasteiger partial charge in [0.25, 0.3) is 11.8 Å². The monoisotopic (exact) mass is 488 g/mol. The molecule has 3 heterocycles. The summed E-state index contributed by atoms with van der Waals surface area (Å²) in [4.78, 5) is 42.0. The second-order valence-electron chi connectivity index (χ2n) is 8.88. The van der Waals surface area contributed by atoms with Crippen molar-refractivity contribution in [3.8, 4) is 0 Å². The van der Waals surface area contributed by atoms with E-state index in [1.165, 1.54) is 11.3 Å². The van der Waals surface area contributed by atoms with Gasteiger partial charge in [-0.25, -0.2) is 0 Å². The molecule has 2 aromatic rings. The maximum Gasteiger partial charge on any atom is 0.255 e. The van der Waals surface area contributed by atoms with Crippen LogP contribution in [0.3, 0.4) is 0 Å². The Hall–Kier alpha value is -2.42. The van der Waals surface area contributed by atoms with E-state index in [-0.39, 0.29) is 23.8 Å². The number of rotatable bonds is 6. The number of halogens is 1. The Bertz CT molecular complexity index is 1050. The normalized spacial score (nSPS) is 17.6. The number of benzene rings is 1. The number of anilines is 2. The van der Waals surface area contributed by atoms with E-state index in [1.54, 1.807) is 33.9 Å². The van der Waals surface area contributed by atoms with Gasteiger partial charge in [-0.2, -0.15) is 0 Å². The third kappa shape index (κ3) is 5.57. The zero-order valence-corrected chi connectivity index (χ0v) is 20.5. The average Bonchev–Trinajstić information content (AvgIpc) is 3.42. The van der Waals surface area contributed by atoms with Crippen LogP contribution in [0.15, 0.2) is 29.0 Å². The molecule has 9 heteroatoms. The quantitative estimate of drug-likeness (QED) is 0.632. The highest BCUT2D eigenvalue weighted by Crippen LogP contribution is 2.28. The van der Waals surface area contributed by atoms with Gasteiger partial charge >= 0.3 is 0 Å². The minimum absolute atomic E-state index is 0.0274. The highest BCUT2D eigenvalue weighted by Gasteiger charge is 2.25. The van der Waals surface area contributed by atoms with Gasteiger partial charge in [-0.05, 0) is 51.3 Å². The molecule has 0 radical (unpaired) electrons. The van der Waals surface area contributed by atoms with Gasteiger partial charge in [-0.1, -0.05) is 11.6 Å². The predicted octanol–water partition coefficient (Wildman–Crippen LogP) is 4.38. The highest BCUT2D eigenvalue weighted by atomic mass is 35.5. The summed E-state index contributed by atoms with van der Waals surface area (Å²) in [5.74, 6) is -0.522. The predicted molar refractivity (Wildman–Crippen MR) is 133 cm³/mol. The van der Waals surface area contributed by atoms with Crippen molar-refractivity contribution in [2.45, 2.75) is 51.6 Å². The van der Waals surface area contributed by atoms with Crippen LogP contribution in [-0.4, -0.2) is 54.3 Å². The number of hydrogen-bond acceptors (Lipinski definition) is 5. The van der Waals surface area contributed by atoms with Crippen LogP contribution in [0.2, 0.25) is 5.02 Å². The second kappa shape index (κ2) is 10.2. The van der Waals surface area contributed by atoms with E-state index in [0.29, 0.717) is 46.5 Å². The Kier molecular flexibility index (Phi) is 7.36. The van der Waals surface area contributed by atoms with E-state index >= 15 is 0 Å². The second-order valence-corrected chi connectivity index (χ2v) is 10.1. The number of hydrogen-bond donors (Lipinski definition) is 2. The van der Waals surface area contributed by atoms with Crippen molar-refractivity contribution in [1.29, 1.82) is 0 Å². The van der Waals surface area contributed by atoms with E-state index in [9.17, 15) is 14.4 Å². The van der Waals surface area contributed by atoms with Crippen molar-refractivity contribution in [1.82, 2.24) is 10.2 Å². The molecule has 3 amide bonds. The van der Waals surface area contributed by atoms with E-state index in [1.807, 2.05) is 0 Å². The Morgan fingerprint density at radius 3 is 2.52 bits per heavy atom. The molecule has 2 saturated heterocycles. The molecule has 2 aliphatic rings. The fourth-order valence-electron chi connectivity index (χ4n) is 4.37. The van der Waals surface area contributed by atoms with Crippen molar-refractivity contribution in [3.63, 3.8) is 0 Å². The van der Waals surface area contributed by atoms with Gasteiger partial charge in [-0.15, -0.1) is 11.3 Å². The van der Waals surface area contributed by atoms with Gasteiger partial charge < -0.3 is 20.4 Å². The van der Waals surface area contributed by atoms with Crippen LogP contribution in [0.1, 0.15) is 60.2 Å². The first-order valence-corrected chi connectivity index (χ1v) is 12.7. The van der Waals surface area contributed by atoms with Crippen molar-refractivity contribution in [2.75, 3.05) is 29.9 Å². The lowest BCUT2D eigenvalue weighted by Gasteiger charge is -2.34. The highest BCUT2D eigenvalue weighted by molar-refractivity contribution is 7.08. The number of nitrogens with zero attached hydrogens (tertiary/aromatic N) is 2. The number of nitrogens with one attached hydrogen (secondary N) is 2. The van der Waals surface area contributed by atoms with Crippen LogP contribution in [-0.2, 0) is 4.79 Å².